The molecule has 10 nitrogen and oxygen atoms in total. The third-order valence-corrected chi connectivity index (χ3v) is 5.23. The minimum Gasteiger partial charge on any atom is -0.387 e. The zero-order chi connectivity index (χ0) is 24.5. The van der Waals surface area contributed by atoms with Crippen molar-refractivity contribution < 1.29 is 14.3 Å². The average Bonchev–Trinajstić information content (AvgIpc) is 3.41. The molecule has 0 fully saturated rings. The second-order valence-corrected chi connectivity index (χ2v) is 8.39. The third kappa shape index (κ3) is 4.72. The summed E-state index contributed by atoms with van der Waals surface area (Å²) in [7, 11) is 1.77. The Morgan fingerprint density at radius 2 is 2.06 bits per heavy atom. The molecule has 4 aromatic rings. The molecule has 0 aromatic carbocycles. The van der Waals surface area contributed by atoms with Crippen molar-refractivity contribution in [3.8, 4) is 17.5 Å². The van der Waals surface area contributed by atoms with Crippen molar-refractivity contribution in [2.45, 2.75) is 25.6 Å². The van der Waals surface area contributed by atoms with E-state index in [4.69, 9.17) is 5.26 Å². The minimum absolute atomic E-state index is 0.191. The summed E-state index contributed by atoms with van der Waals surface area (Å²) in [5.41, 5.74) is 2.03. The van der Waals surface area contributed by atoms with Crippen molar-refractivity contribution in [1.82, 2.24) is 29.7 Å². The lowest BCUT2D eigenvalue weighted by Gasteiger charge is -2.22. The summed E-state index contributed by atoms with van der Waals surface area (Å²) in [6, 6.07) is 9.09. The van der Waals surface area contributed by atoms with Crippen LogP contribution in [0.3, 0.4) is 0 Å². The lowest BCUT2D eigenvalue weighted by molar-refractivity contribution is -0.00177. The van der Waals surface area contributed by atoms with E-state index in [1.165, 1.54) is 26.2 Å². The summed E-state index contributed by atoms with van der Waals surface area (Å²) < 4.78 is 17.4. The van der Waals surface area contributed by atoms with Crippen molar-refractivity contribution in [3.05, 3.63) is 60.2 Å². The minimum atomic E-state index is -1.64. The Bertz CT molecular complexity index is 1400. The Labute approximate surface area is 194 Å². The first-order valence-corrected chi connectivity index (χ1v) is 10.4. The maximum atomic E-state index is 14.2. The molecule has 4 rings (SSSR count). The number of carbonyl (C=O) groups is 1. The van der Waals surface area contributed by atoms with E-state index in [-0.39, 0.29) is 12.1 Å². The second kappa shape index (κ2) is 8.92. The summed E-state index contributed by atoms with van der Waals surface area (Å²) in [6.07, 6.45) is 4.55. The van der Waals surface area contributed by atoms with Gasteiger partial charge < -0.3 is 15.7 Å². The molecule has 1 amide bonds. The van der Waals surface area contributed by atoms with E-state index in [9.17, 15) is 14.3 Å². The number of nitrogens with one attached hydrogen (secondary N) is 2. The standard InChI is InChI=1S/C23H23FN8O2/c1-23(2,34)21(24)12-27-22(33)17-11-26-19(7-18(17)30-15-10-28-31(3)13-15)20-5-4-16-6-14(8-25)9-29-32(16)20/h4-7,9-11,13,21,34H,12H2,1-3H3,(H,26,30)(H,27,33)/t21-/m1/s1. The van der Waals surface area contributed by atoms with Crippen molar-refractivity contribution in [3.63, 3.8) is 0 Å². The number of nitriles is 1. The molecule has 4 heterocycles. The molecule has 0 aliphatic rings. The van der Waals surface area contributed by atoms with Crippen LogP contribution >= 0.6 is 0 Å². The predicted molar refractivity (Wildman–Crippen MR) is 123 cm³/mol. The maximum Gasteiger partial charge on any atom is 0.255 e. The van der Waals surface area contributed by atoms with Gasteiger partial charge in [0.1, 0.15) is 12.2 Å². The number of fused-ring (bicyclic) bond motifs is 1. The van der Waals surface area contributed by atoms with E-state index >= 15 is 0 Å². The SMILES string of the molecule is Cn1cc(Nc2cc(-c3ccc4cc(C#N)cnn34)ncc2C(=O)NC[C@@H](F)C(C)(C)O)cn1. The van der Waals surface area contributed by atoms with Crippen molar-refractivity contribution in [1.29, 1.82) is 5.26 Å². The first kappa shape index (κ1) is 22.9. The van der Waals surface area contributed by atoms with Gasteiger partial charge in [-0.1, -0.05) is 0 Å². The molecule has 174 valence electrons. The monoisotopic (exact) mass is 462 g/mol. The van der Waals surface area contributed by atoms with Crippen LogP contribution in [0.2, 0.25) is 0 Å². The number of nitrogens with zero attached hydrogens (tertiary/aromatic N) is 6. The number of hydrogen-bond donors (Lipinski definition) is 3. The summed E-state index contributed by atoms with van der Waals surface area (Å²) in [4.78, 5) is 17.3. The Kier molecular flexibility index (Phi) is 6.00. The van der Waals surface area contributed by atoms with Gasteiger partial charge in [-0.3, -0.25) is 14.5 Å². The number of halogens is 1. The zero-order valence-electron chi connectivity index (χ0n) is 18.8. The number of aryl methyl sites for hydroxylation is 1. The third-order valence-electron chi connectivity index (χ3n) is 5.23. The van der Waals surface area contributed by atoms with Crippen LogP contribution in [0, 0.1) is 11.3 Å². The van der Waals surface area contributed by atoms with Gasteiger partial charge in [-0.25, -0.2) is 8.91 Å². The normalized spacial score (nSPS) is 12.4. The number of aliphatic hydroxyl groups is 1. The Hall–Kier alpha value is -4.30. The van der Waals surface area contributed by atoms with Crippen LogP contribution in [-0.2, 0) is 7.05 Å². The molecule has 0 saturated heterocycles. The van der Waals surface area contributed by atoms with E-state index in [2.05, 4.69) is 31.9 Å². The molecule has 1 atom stereocenters. The van der Waals surface area contributed by atoms with Gasteiger partial charge in [0.25, 0.3) is 5.91 Å². The smallest absolute Gasteiger partial charge is 0.255 e. The van der Waals surface area contributed by atoms with E-state index < -0.39 is 17.7 Å². The number of aromatic nitrogens is 5. The predicted octanol–water partition coefficient (Wildman–Crippen LogP) is 2.58. The summed E-state index contributed by atoms with van der Waals surface area (Å²) in [5, 5.41) is 33.0. The van der Waals surface area contributed by atoms with Crippen molar-refractivity contribution in [2.24, 2.45) is 7.05 Å². The highest BCUT2D eigenvalue weighted by Gasteiger charge is 2.27. The number of amides is 1. The van der Waals surface area contributed by atoms with Crippen LogP contribution in [0.5, 0.6) is 0 Å². The quantitative estimate of drug-likeness (QED) is 0.384. The fourth-order valence-electron chi connectivity index (χ4n) is 3.30. The summed E-state index contributed by atoms with van der Waals surface area (Å²) in [5.74, 6) is -0.547. The van der Waals surface area contributed by atoms with Crippen LogP contribution in [0.4, 0.5) is 15.8 Å². The van der Waals surface area contributed by atoms with E-state index in [1.54, 1.807) is 40.8 Å². The average molecular weight is 462 g/mol. The first-order valence-electron chi connectivity index (χ1n) is 10.4. The lowest BCUT2D eigenvalue weighted by atomic mass is 10.0. The first-order chi connectivity index (χ1) is 16.2. The molecule has 0 bridgehead atoms. The van der Waals surface area contributed by atoms with Gasteiger partial charge >= 0.3 is 0 Å². The number of rotatable bonds is 7. The Balaban J connectivity index is 1.70. The van der Waals surface area contributed by atoms with Crippen LogP contribution < -0.4 is 10.6 Å². The van der Waals surface area contributed by atoms with Crippen LogP contribution in [0.25, 0.3) is 16.9 Å². The number of pyridine rings is 1. The molecule has 0 spiro atoms. The van der Waals surface area contributed by atoms with Gasteiger partial charge in [-0.05, 0) is 38.1 Å². The van der Waals surface area contributed by atoms with Gasteiger partial charge in [0, 0.05) is 19.4 Å². The summed E-state index contributed by atoms with van der Waals surface area (Å²) in [6.45, 7) is 2.32. The highest BCUT2D eigenvalue weighted by atomic mass is 19.1. The zero-order valence-corrected chi connectivity index (χ0v) is 18.8. The highest BCUT2D eigenvalue weighted by Crippen LogP contribution is 2.27. The van der Waals surface area contributed by atoms with Gasteiger partial charge in [-0.2, -0.15) is 15.5 Å². The molecule has 0 aliphatic heterocycles. The van der Waals surface area contributed by atoms with Gasteiger partial charge in [0.2, 0.25) is 0 Å². The molecule has 34 heavy (non-hydrogen) atoms. The highest BCUT2D eigenvalue weighted by molar-refractivity contribution is 6.00. The number of alkyl halides is 1. The van der Waals surface area contributed by atoms with Crippen LogP contribution in [-0.4, -0.2) is 53.7 Å². The van der Waals surface area contributed by atoms with Crippen molar-refractivity contribution in [2.75, 3.05) is 11.9 Å². The fraction of sp³-hybridized carbons (Fsp3) is 0.261. The summed E-state index contributed by atoms with van der Waals surface area (Å²) >= 11 is 0. The molecular formula is C23H23FN8O2. The van der Waals surface area contributed by atoms with Crippen molar-refractivity contribution >= 4 is 22.8 Å². The number of hydrogen-bond acceptors (Lipinski definition) is 7. The second-order valence-electron chi connectivity index (χ2n) is 8.39. The molecule has 0 aliphatic carbocycles. The van der Waals surface area contributed by atoms with Gasteiger partial charge in [0.15, 0.2) is 0 Å². The van der Waals surface area contributed by atoms with Crippen LogP contribution in [0.15, 0.2) is 49.1 Å². The molecule has 4 aromatic heterocycles. The van der Waals surface area contributed by atoms with Crippen LogP contribution in [0.1, 0.15) is 29.8 Å². The molecule has 11 heteroatoms. The fourth-order valence-corrected chi connectivity index (χ4v) is 3.30. The topological polar surface area (TPSA) is 133 Å². The molecule has 0 radical (unpaired) electrons. The van der Waals surface area contributed by atoms with Gasteiger partial charge in [0.05, 0.1) is 63.9 Å². The van der Waals surface area contributed by atoms with E-state index in [1.807, 2.05) is 12.1 Å². The molecule has 3 N–H and O–H groups in total. The number of anilines is 2. The van der Waals surface area contributed by atoms with E-state index in [0.717, 1.165) is 5.52 Å². The molecule has 0 unspecified atom stereocenters. The Morgan fingerprint density at radius 3 is 2.74 bits per heavy atom. The lowest BCUT2D eigenvalue weighted by Crippen LogP contribution is -2.42. The van der Waals surface area contributed by atoms with Gasteiger partial charge in [-0.15, -0.1) is 0 Å². The van der Waals surface area contributed by atoms with E-state index in [0.29, 0.717) is 28.3 Å². The maximum absolute atomic E-state index is 14.2. The largest absolute Gasteiger partial charge is 0.387 e. The Morgan fingerprint density at radius 1 is 1.26 bits per heavy atom. The molecule has 0 saturated carbocycles. The number of carbonyl (C=O) groups excluding carboxylic acids is 1. The molecular weight excluding hydrogens is 439 g/mol.